The van der Waals surface area contributed by atoms with E-state index in [1.165, 1.54) is 66.8 Å². The lowest BCUT2D eigenvalue weighted by molar-refractivity contribution is 1.02. The van der Waals surface area contributed by atoms with Crippen LogP contribution in [0.2, 0.25) is 0 Å². The van der Waals surface area contributed by atoms with Gasteiger partial charge in [-0.1, -0.05) is 49.8 Å². The van der Waals surface area contributed by atoms with Crippen molar-refractivity contribution in [2.45, 2.75) is 75.2 Å². The molecule has 0 aromatic heterocycles. The minimum Gasteiger partial charge on any atom is -0.0955 e. The summed E-state index contributed by atoms with van der Waals surface area (Å²) >= 11 is 0. The first-order valence-corrected chi connectivity index (χ1v) is 10.2. The van der Waals surface area contributed by atoms with Crippen LogP contribution in [0.4, 0.5) is 0 Å². The Morgan fingerprint density at radius 3 is 1.85 bits per heavy atom. The van der Waals surface area contributed by atoms with Gasteiger partial charge >= 0.3 is 0 Å². The molecule has 27 heavy (non-hydrogen) atoms. The van der Waals surface area contributed by atoms with Crippen LogP contribution >= 0.6 is 0 Å². The number of allylic oxidation sites excluding steroid dienone is 3. The highest BCUT2D eigenvalue weighted by atomic mass is 14.2. The molecule has 0 radical (unpaired) electrons. The molecule has 0 saturated carbocycles. The number of hydrogen-bond donors (Lipinski definition) is 0. The third-order valence-corrected chi connectivity index (χ3v) is 6.03. The number of rotatable bonds is 5. The van der Waals surface area contributed by atoms with E-state index >= 15 is 0 Å². The fourth-order valence-corrected chi connectivity index (χ4v) is 4.33. The Bertz CT molecular complexity index is 916. The SMILES string of the molecule is C=C(C)c1c(C)cc(-c2ccc(C)c(C)c2C(C)=C(C)C)c(CC)c1CC. The lowest BCUT2D eigenvalue weighted by Gasteiger charge is -2.24. The van der Waals surface area contributed by atoms with Gasteiger partial charge < -0.3 is 0 Å². The Labute approximate surface area is 167 Å². The first-order valence-electron chi connectivity index (χ1n) is 10.2. The molecule has 0 heteroatoms. The molecule has 0 nitrogen and oxygen atoms in total. The second-order valence-electron chi connectivity index (χ2n) is 8.12. The van der Waals surface area contributed by atoms with Gasteiger partial charge in [-0.3, -0.25) is 0 Å². The van der Waals surface area contributed by atoms with Gasteiger partial charge in [-0.15, -0.1) is 0 Å². The van der Waals surface area contributed by atoms with Crippen LogP contribution in [-0.4, -0.2) is 0 Å². The van der Waals surface area contributed by atoms with Crippen molar-refractivity contribution in [2.75, 3.05) is 0 Å². The molecule has 0 fully saturated rings. The van der Waals surface area contributed by atoms with Gasteiger partial charge in [-0.25, -0.2) is 0 Å². The van der Waals surface area contributed by atoms with Crippen molar-refractivity contribution in [2.24, 2.45) is 0 Å². The smallest absolute Gasteiger partial charge is 0.0103 e. The number of aryl methyl sites for hydroxylation is 2. The zero-order valence-corrected chi connectivity index (χ0v) is 18.9. The van der Waals surface area contributed by atoms with Crippen LogP contribution < -0.4 is 0 Å². The normalized spacial score (nSPS) is 10.9. The molecule has 0 spiro atoms. The predicted molar refractivity (Wildman–Crippen MR) is 123 cm³/mol. The maximum atomic E-state index is 4.26. The summed E-state index contributed by atoms with van der Waals surface area (Å²) in [6.45, 7) is 24.4. The second kappa shape index (κ2) is 8.30. The van der Waals surface area contributed by atoms with Gasteiger partial charge in [0.25, 0.3) is 0 Å². The van der Waals surface area contributed by atoms with E-state index < -0.39 is 0 Å². The summed E-state index contributed by atoms with van der Waals surface area (Å²) in [6.07, 6.45) is 2.08. The third-order valence-electron chi connectivity index (χ3n) is 6.03. The fraction of sp³-hybridized carbons (Fsp3) is 0.407. The predicted octanol–water partition coefficient (Wildman–Crippen LogP) is 8.25. The quantitative estimate of drug-likeness (QED) is 0.503. The molecule has 2 aromatic carbocycles. The second-order valence-corrected chi connectivity index (χ2v) is 8.12. The van der Waals surface area contributed by atoms with Gasteiger partial charge in [-0.05, 0) is 117 Å². The minimum absolute atomic E-state index is 1.04. The van der Waals surface area contributed by atoms with E-state index in [1.807, 2.05) is 0 Å². The average Bonchev–Trinajstić information content (AvgIpc) is 2.61. The summed E-state index contributed by atoms with van der Waals surface area (Å²) in [6, 6.07) is 7.01. The average molecular weight is 361 g/mol. The lowest BCUT2D eigenvalue weighted by Crippen LogP contribution is -2.05. The van der Waals surface area contributed by atoms with E-state index in [1.54, 1.807) is 0 Å². The standard InChI is InChI=1S/C27H36/c1-11-22-23(12-2)26(17(5)6)19(8)15-25(22)24-14-13-18(7)21(10)27(24)20(9)16(3)4/h13-15H,5,11-12H2,1-4,6-10H3. The molecule has 2 rings (SSSR count). The highest BCUT2D eigenvalue weighted by Crippen LogP contribution is 2.40. The molecular formula is C27H36. The van der Waals surface area contributed by atoms with Gasteiger partial charge in [0, 0.05) is 0 Å². The van der Waals surface area contributed by atoms with Crippen LogP contribution in [0.5, 0.6) is 0 Å². The molecule has 0 N–H and O–H groups in total. The van der Waals surface area contributed by atoms with Crippen molar-refractivity contribution in [3.8, 4) is 11.1 Å². The summed E-state index contributed by atoms with van der Waals surface area (Å²) < 4.78 is 0. The molecule has 0 atom stereocenters. The van der Waals surface area contributed by atoms with E-state index in [0.717, 1.165) is 12.8 Å². The summed E-state index contributed by atoms with van der Waals surface area (Å²) in [7, 11) is 0. The van der Waals surface area contributed by atoms with Gasteiger partial charge in [0.2, 0.25) is 0 Å². The summed E-state index contributed by atoms with van der Waals surface area (Å²) in [5.41, 5.74) is 16.5. The summed E-state index contributed by atoms with van der Waals surface area (Å²) in [5, 5.41) is 0. The third kappa shape index (κ3) is 3.81. The summed E-state index contributed by atoms with van der Waals surface area (Å²) in [4.78, 5) is 0. The molecule has 2 aromatic rings. The topological polar surface area (TPSA) is 0 Å². The molecule has 0 aliphatic carbocycles. The largest absolute Gasteiger partial charge is 0.0955 e. The minimum atomic E-state index is 1.04. The molecule has 0 bridgehead atoms. The van der Waals surface area contributed by atoms with Gasteiger partial charge in [0.1, 0.15) is 0 Å². The molecule has 0 saturated heterocycles. The highest BCUT2D eigenvalue weighted by Gasteiger charge is 2.19. The van der Waals surface area contributed by atoms with Crippen molar-refractivity contribution in [3.05, 3.63) is 69.3 Å². The number of benzene rings is 2. The summed E-state index contributed by atoms with van der Waals surface area (Å²) in [5.74, 6) is 0. The van der Waals surface area contributed by atoms with Crippen molar-refractivity contribution >= 4 is 11.1 Å². The Balaban J connectivity index is 3.00. The first kappa shape index (κ1) is 21.2. The van der Waals surface area contributed by atoms with Crippen LogP contribution in [0.25, 0.3) is 22.3 Å². The van der Waals surface area contributed by atoms with Gasteiger partial charge in [0.05, 0.1) is 0 Å². The van der Waals surface area contributed by atoms with Crippen LogP contribution in [0.15, 0.2) is 30.4 Å². The highest BCUT2D eigenvalue weighted by molar-refractivity contribution is 5.87. The number of hydrogen-bond acceptors (Lipinski definition) is 0. The fourth-order valence-electron chi connectivity index (χ4n) is 4.33. The lowest BCUT2D eigenvalue weighted by atomic mass is 9.81. The zero-order chi connectivity index (χ0) is 20.5. The first-order chi connectivity index (χ1) is 12.6. The Hall–Kier alpha value is -2.08. The molecule has 0 unspecified atom stereocenters. The van der Waals surface area contributed by atoms with E-state index in [4.69, 9.17) is 0 Å². The monoisotopic (exact) mass is 360 g/mol. The van der Waals surface area contributed by atoms with E-state index in [2.05, 4.69) is 87.1 Å². The van der Waals surface area contributed by atoms with Gasteiger partial charge in [0.15, 0.2) is 0 Å². The Morgan fingerprint density at radius 2 is 1.37 bits per heavy atom. The molecule has 0 heterocycles. The van der Waals surface area contributed by atoms with E-state index in [-0.39, 0.29) is 0 Å². The van der Waals surface area contributed by atoms with Crippen molar-refractivity contribution in [1.29, 1.82) is 0 Å². The molecule has 0 aliphatic heterocycles. The van der Waals surface area contributed by atoms with Crippen molar-refractivity contribution < 1.29 is 0 Å². The van der Waals surface area contributed by atoms with E-state index in [9.17, 15) is 0 Å². The van der Waals surface area contributed by atoms with Crippen LogP contribution in [0, 0.1) is 20.8 Å². The molecular weight excluding hydrogens is 324 g/mol. The molecule has 144 valence electrons. The zero-order valence-electron chi connectivity index (χ0n) is 18.9. The van der Waals surface area contributed by atoms with Crippen LogP contribution in [-0.2, 0) is 12.8 Å². The molecule has 0 aliphatic rings. The van der Waals surface area contributed by atoms with Crippen molar-refractivity contribution in [1.82, 2.24) is 0 Å². The molecule has 0 amide bonds. The Morgan fingerprint density at radius 1 is 0.778 bits per heavy atom. The van der Waals surface area contributed by atoms with Crippen LogP contribution in [0.1, 0.15) is 80.5 Å². The van der Waals surface area contributed by atoms with Crippen molar-refractivity contribution in [3.63, 3.8) is 0 Å². The maximum Gasteiger partial charge on any atom is -0.0103 e. The Kier molecular flexibility index (Phi) is 6.52. The van der Waals surface area contributed by atoms with Crippen LogP contribution in [0.3, 0.4) is 0 Å². The van der Waals surface area contributed by atoms with E-state index in [0.29, 0.717) is 0 Å². The maximum absolute atomic E-state index is 4.26. The van der Waals surface area contributed by atoms with Gasteiger partial charge in [-0.2, -0.15) is 0 Å².